The van der Waals surface area contributed by atoms with Crippen LogP contribution in [-0.4, -0.2) is 20.0 Å². The van der Waals surface area contributed by atoms with Gasteiger partial charge in [0.15, 0.2) is 0 Å². The molecule has 118 valence electrons. The number of fused-ring (bicyclic) bond motifs is 1. The highest BCUT2D eigenvalue weighted by atomic mass is 31.2. The van der Waals surface area contributed by atoms with Crippen LogP contribution >= 0.6 is 7.60 Å². The summed E-state index contributed by atoms with van der Waals surface area (Å²) in [6.45, 7) is 1.96. The van der Waals surface area contributed by atoms with Crippen molar-refractivity contribution in [3.05, 3.63) is 76.1 Å². The van der Waals surface area contributed by atoms with Crippen LogP contribution < -0.4 is 0 Å². The molecule has 3 rings (SSSR count). The molecule has 1 aliphatic rings. The van der Waals surface area contributed by atoms with Gasteiger partial charge in [0.25, 0.3) is 0 Å². The van der Waals surface area contributed by atoms with Crippen molar-refractivity contribution in [1.29, 1.82) is 0 Å². The number of hydrogen-bond donors (Lipinski definition) is 0. The van der Waals surface area contributed by atoms with E-state index in [1.54, 1.807) is 6.07 Å². The average molecular weight is 328 g/mol. The Morgan fingerprint density at radius 3 is 2.17 bits per heavy atom. The molecule has 0 N–H and O–H groups in total. The van der Waals surface area contributed by atoms with Crippen LogP contribution in [0.1, 0.15) is 27.0 Å². The lowest BCUT2D eigenvalue weighted by atomic mass is 9.98. The van der Waals surface area contributed by atoms with E-state index in [1.165, 1.54) is 14.2 Å². The zero-order chi connectivity index (χ0) is 16.6. The van der Waals surface area contributed by atoms with Gasteiger partial charge in [-0.15, -0.1) is 0 Å². The molecule has 5 heteroatoms. The fraction of sp³-hybridized carbons (Fsp3) is 0.167. The van der Waals surface area contributed by atoms with Gasteiger partial charge in [0.1, 0.15) is 5.31 Å². The average Bonchev–Trinajstić information content (AvgIpc) is 2.87. The summed E-state index contributed by atoms with van der Waals surface area (Å²) in [5.74, 6) is -0.300. The molecule has 2 aromatic carbocycles. The molecule has 0 spiro atoms. The van der Waals surface area contributed by atoms with E-state index in [2.05, 4.69) is 0 Å². The van der Waals surface area contributed by atoms with Gasteiger partial charge in [-0.2, -0.15) is 0 Å². The molecule has 1 aliphatic carbocycles. The zero-order valence-corrected chi connectivity index (χ0v) is 14.1. The van der Waals surface area contributed by atoms with E-state index in [9.17, 15) is 9.36 Å². The predicted molar refractivity (Wildman–Crippen MR) is 89.6 cm³/mol. The Morgan fingerprint density at radius 2 is 1.57 bits per heavy atom. The highest BCUT2D eigenvalue weighted by molar-refractivity contribution is 7.60. The number of hydrogen-bond acceptors (Lipinski definition) is 4. The van der Waals surface area contributed by atoms with E-state index in [0.29, 0.717) is 11.1 Å². The molecule has 2 aromatic rings. The molecule has 0 bridgehead atoms. The van der Waals surface area contributed by atoms with Gasteiger partial charge in [-0.05, 0) is 18.1 Å². The third-order valence-corrected chi connectivity index (χ3v) is 5.89. The lowest BCUT2D eigenvalue weighted by molar-refractivity contribution is 0.104. The first-order chi connectivity index (χ1) is 11.0. The number of rotatable bonds is 4. The van der Waals surface area contributed by atoms with E-state index >= 15 is 0 Å². The molecule has 4 nitrogen and oxygen atoms in total. The summed E-state index contributed by atoms with van der Waals surface area (Å²) in [7, 11) is -1.09. The quantitative estimate of drug-likeness (QED) is 0.779. The molecule has 0 saturated heterocycles. The van der Waals surface area contributed by atoms with Crippen molar-refractivity contribution in [3.8, 4) is 0 Å². The molecular weight excluding hydrogens is 311 g/mol. The van der Waals surface area contributed by atoms with E-state index in [0.717, 1.165) is 16.7 Å². The Kier molecular flexibility index (Phi) is 4.07. The lowest BCUT2D eigenvalue weighted by Gasteiger charge is -2.16. The number of aryl methyl sites for hydroxylation is 1. The largest absolute Gasteiger partial charge is 0.365 e. The molecule has 0 aliphatic heterocycles. The van der Waals surface area contributed by atoms with Crippen molar-refractivity contribution >= 4 is 19.0 Å². The lowest BCUT2D eigenvalue weighted by Crippen LogP contribution is -2.03. The normalized spacial score (nSPS) is 14.3. The first kappa shape index (κ1) is 15.9. The molecule has 0 fully saturated rings. The Labute approximate surface area is 135 Å². The topological polar surface area (TPSA) is 52.6 Å². The second-order valence-electron chi connectivity index (χ2n) is 5.33. The Balaban J connectivity index is 2.37. The summed E-state index contributed by atoms with van der Waals surface area (Å²) in [6, 6.07) is 15.0. The number of allylic oxidation sites excluding steroid dienone is 1. The fourth-order valence-electron chi connectivity index (χ4n) is 2.85. The molecule has 0 amide bonds. The third kappa shape index (κ3) is 2.49. The minimum atomic E-state index is -3.67. The molecule has 23 heavy (non-hydrogen) atoms. The Hall–Kier alpha value is -2.00. The van der Waals surface area contributed by atoms with Crippen molar-refractivity contribution in [1.82, 2.24) is 0 Å². The highest BCUT2D eigenvalue weighted by Crippen LogP contribution is 2.61. The summed E-state index contributed by atoms with van der Waals surface area (Å²) >= 11 is 0. The van der Waals surface area contributed by atoms with E-state index < -0.39 is 7.60 Å². The van der Waals surface area contributed by atoms with Gasteiger partial charge >= 0.3 is 7.60 Å². The van der Waals surface area contributed by atoms with Crippen molar-refractivity contribution in [2.45, 2.75) is 6.92 Å². The second-order valence-corrected chi connectivity index (χ2v) is 7.50. The number of benzene rings is 2. The maximum atomic E-state index is 13.0. The number of ketones is 1. The van der Waals surface area contributed by atoms with Crippen LogP contribution in [0.5, 0.6) is 0 Å². The van der Waals surface area contributed by atoms with Crippen molar-refractivity contribution in [3.63, 3.8) is 0 Å². The summed E-state index contributed by atoms with van der Waals surface area (Å²) in [6.07, 6.45) is 0. The van der Waals surface area contributed by atoms with Gasteiger partial charge in [-0.25, -0.2) is 0 Å². The van der Waals surface area contributed by atoms with Gasteiger partial charge in [0.2, 0.25) is 5.78 Å². The van der Waals surface area contributed by atoms with E-state index in [-0.39, 0.29) is 11.1 Å². The minimum absolute atomic E-state index is 0.106. The zero-order valence-electron chi connectivity index (χ0n) is 13.2. The van der Waals surface area contributed by atoms with Crippen LogP contribution in [0.4, 0.5) is 0 Å². The number of carbonyl (C=O) groups is 1. The molecule has 0 aromatic heterocycles. The maximum Gasteiger partial charge on any atom is 0.365 e. The number of Topliss-reactive ketones (excluding diaryl/α,β-unsaturated/α-hetero) is 1. The van der Waals surface area contributed by atoms with Crippen LogP contribution in [0.25, 0.3) is 5.57 Å². The monoisotopic (exact) mass is 328 g/mol. The molecule has 0 saturated carbocycles. The maximum absolute atomic E-state index is 13.0. The molecule has 0 radical (unpaired) electrons. The van der Waals surface area contributed by atoms with Crippen LogP contribution in [0.2, 0.25) is 0 Å². The van der Waals surface area contributed by atoms with Gasteiger partial charge in [-0.3, -0.25) is 9.36 Å². The van der Waals surface area contributed by atoms with Crippen molar-refractivity contribution in [2.75, 3.05) is 14.2 Å². The SMILES string of the molecule is COP(=O)(OC)C1=C(c2ccccc2)c2cc(C)ccc2C1=O. The molecule has 0 heterocycles. The van der Waals surface area contributed by atoms with E-state index in [1.807, 2.05) is 49.4 Å². The van der Waals surface area contributed by atoms with Crippen LogP contribution in [0.3, 0.4) is 0 Å². The second kappa shape index (κ2) is 5.89. The smallest absolute Gasteiger partial charge is 0.308 e. The summed E-state index contributed by atoms with van der Waals surface area (Å²) in [5.41, 5.74) is 3.76. The van der Waals surface area contributed by atoms with Gasteiger partial charge < -0.3 is 9.05 Å². The standard InChI is InChI=1S/C18H17O4P/c1-12-9-10-14-15(11-12)16(13-7-5-4-6-8-13)18(17(14)19)23(20,21-2)22-3/h4-11H,1-3H3. The first-order valence-electron chi connectivity index (χ1n) is 7.19. The molecular formula is C18H17O4P. The van der Waals surface area contributed by atoms with Crippen molar-refractivity contribution in [2.24, 2.45) is 0 Å². The third-order valence-electron chi connectivity index (χ3n) is 3.96. The van der Waals surface area contributed by atoms with Crippen LogP contribution in [-0.2, 0) is 13.6 Å². The summed E-state index contributed by atoms with van der Waals surface area (Å²) in [4.78, 5) is 12.9. The minimum Gasteiger partial charge on any atom is -0.308 e. The fourth-order valence-corrected chi connectivity index (χ4v) is 4.25. The van der Waals surface area contributed by atoms with Gasteiger partial charge in [0, 0.05) is 25.4 Å². The van der Waals surface area contributed by atoms with Gasteiger partial charge in [0.05, 0.1) is 0 Å². The summed E-state index contributed by atoms with van der Waals surface area (Å²) in [5, 5.41) is 0.106. The van der Waals surface area contributed by atoms with Crippen LogP contribution in [0.15, 0.2) is 53.8 Å². The van der Waals surface area contributed by atoms with Crippen molar-refractivity contribution < 1.29 is 18.4 Å². The van der Waals surface area contributed by atoms with Crippen LogP contribution in [0, 0.1) is 6.92 Å². The highest BCUT2D eigenvalue weighted by Gasteiger charge is 2.42. The first-order valence-corrected chi connectivity index (χ1v) is 8.73. The Morgan fingerprint density at radius 1 is 0.913 bits per heavy atom. The summed E-state index contributed by atoms with van der Waals surface area (Å²) < 4.78 is 23.2. The van der Waals surface area contributed by atoms with E-state index in [4.69, 9.17) is 9.05 Å². The predicted octanol–water partition coefficient (Wildman–Crippen LogP) is 4.44. The van der Waals surface area contributed by atoms with Gasteiger partial charge in [-0.1, -0.05) is 54.1 Å². The Bertz CT molecular complexity index is 845. The number of carbonyl (C=O) groups excluding carboxylic acids is 1. The molecule has 0 unspecified atom stereocenters. The molecule has 0 atom stereocenters.